The molecule has 0 unspecified atom stereocenters. The summed E-state index contributed by atoms with van der Waals surface area (Å²) >= 11 is 0. The van der Waals surface area contributed by atoms with Gasteiger partial charge in [-0.15, -0.1) is 0 Å². The highest BCUT2D eigenvalue weighted by Gasteiger charge is 2.30. The monoisotopic (exact) mass is 527 g/mol. The van der Waals surface area contributed by atoms with E-state index in [-0.39, 0.29) is 25.0 Å². The Balaban J connectivity index is 1.81. The molecule has 0 saturated heterocycles. The van der Waals surface area contributed by atoms with E-state index in [1.54, 1.807) is 24.3 Å². The summed E-state index contributed by atoms with van der Waals surface area (Å²) in [6.07, 6.45) is -4.07. The molecule has 1 amide bonds. The third-order valence-corrected chi connectivity index (χ3v) is 6.13. The van der Waals surface area contributed by atoms with Crippen molar-refractivity contribution >= 4 is 11.9 Å². The summed E-state index contributed by atoms with van der Waals surface area (Å²) in [5.41, 5.74) is 4.16. The standard InChI is InChI=1S/C30H32F3NO4/c1-18(2)15-26(38-25-11-7-22(8-12-25)29(37)34-14-13-27(35)36)23-16-19(3)28(20(4)17-23)21-5-9-24(10-6-21)30(31,32)33/h5-12,16-18,26H,13-15H2,1-4H3,(H,34,37)(H,35,36)/t26-/m1/s1. The van der Waals surface area contributed by atoms with Gasteiger partial charge in [0.25, 0.3) is 5.91 Å². The van der Waals surface area contributed by atoms with Gasteiger partial charge in [0.15, 0.2) is 0 Å². The van der Waals surface area contributed by atoms with Gasteiger partial charge in [-0.1, -0.05) is 38.1 Å². The van der Waals surface area contributed by atoms with Gasteiger partial charge in [-0.05, 0) is 90.4 Å². The molecule has 38 heavy (non-hydrogen) atoms. The topological polar surface area (TPSA) is 75.6 Å². The second kappa shape index (κ2) is 12.2. The lowest BCUT2D eigenvalue weighted by Gasteiger charge is -2.24. The number of hydrogen-bond acceptors (Lipinski definition) is 3. The molecule has 0 fully saturated rings. The van der Waals surface area contributed by atoms with Gasteiger partial charge in [-0.25, -0.2) is 0 Å². The van der Waals surface area contributed by atoms with E-state index in [1.165, 1.54) is 12.1 Å². The Labute approximate surface area is 220 Å². The first-order chi connectivity index (χ1) is 17.8. The molecule has 0 heterocycles. The SMILES string of the molecule is Cc1cc([C@@H](CC(C)C)Oc2ccc(C(=O)NCCC(=O)O)cc2)cc(C)c1-c1ccc(C(F)(F)F)cc1. The van der Waals surface area contributed by atoms with Crippen molar-refractivity contribution in [1.29, 1.82) is 0 Å². The van der Waals surface area contributed by atoms with Crippen molar-refractivity contribution in [3.63, 3.8) is 0 Å². The highest BCUT2D eigenvalue weighted by Crippen LogP contribution is 2.36. The average Bonchev–Trinajstić information content (AvgIpc) is 2.83. The van der Waals surface area contributed by atoms with Crippen molar-refractivity contribution in [2.24, 2.45) is 5.92 Å². The van der Waals surface area contributed by atoms with Crippen LogP contribution in [0.3, 0.4) is 0 Å². The van der Waals surface area contributed by atoms with Crippen LogP contribution in [0.25, 0.3) is 11.1 Å². The van der Waals surface area contributed by atoms with E-state index in [1.807, 2.05) is 26.0 Å². The summed E-state index contributed by atoms with van der Waals surface area (Å²) in [6, 6.07) is 15.9. The van der Waals surface area contributed by atoms with Crippen LogP contribution < -0.4 is 10.1 Å². The second-order valence-electron chi connectivity index (χ2n) is 9.76. The summed E-state index contributed by atoms with van der Waals surface area (Å²) in [7, 11) is 0. The van der Waals surface area contributed by atoms with Gasteiger partial charge < -0.3 is 15.2 Å². The highest BCUT2D eigenvalue weighted by molar-refractivity contribution is 5.94. The quantitative estimate of drug-likeness (QED) is 0.289. The number of amides is 1. The molecule has 5 nitrogen and oxygen atoms in total. The minimum Gasteiger partial charge on any atom is -0.486 e. The number of aliphatic carboxylic acids is 1. The summed E-state index contributed by atoms with van der Waals surface area (Å²) in [5.74, 6) is -0.431. The first-order valence-electron chi connectivity index (χ1n) is 12.4. The number of nitrogens with one attached hydrogen (secondary N) is 1. The van der Waals surface area contributed by atoms with Gasteiger partial charge in [0.05, 0.1) is 12.0 Å². The zero-order chi connectivity index (χ0) is 28.0. The molecule has 3 aromatic carbocycles. The molecule has 0 aliphatic rings. The molecule has 0 aromatic heterocycles. The van der Waals surface area contributed by atoms with E-state index in [0.29, 0.717) is 17.2 Å². The molecule has 8 heteroatoms. The Morgan fingerprint density at radius 3 is 2.03 bits per heavy atom. The number of carbonyl (C=O) groups is 2. The average molecular weight is 528 g/mol. The molecular formula is C30H32F3NO4. The van der Waals surface area contributed by atoms with Crippen LogP contribution in [0.15, 0.2) is 60.7 Å². The Morgan fingerprint density at radius 1 is 0.947 bits per heavy atom. The lowest BCUT2D eigenvalue weighted by atomic mass is 9.90. The predicted molar refractivity (Wildman–Crippen MR) is 140 cm³/mol. The van der Waals surface area contributed by atoms with Gasteiger partial charge >= 0.3 is 12.1 Å². The normalized spacial score (nSPS) is 12.3. The Morgan fingerprint density at radius 2 is 1.53 bits per heavy atom. The van der Waals surface area contributed by atoms with Crippen molar-refractivity contribution in [2.45, 2.75) is 52.8 Å². The predicted octanol–water partition coefficient (Wildman–Crippen LogP) is 7.36. The number of carboxylic acid groups (broad SMARTS) is 1. The minimum atomic E-state index is -4.38. The number of rotatable bonds is 10. The molecule has 0 aliphatic carbocycles. The van der Waals surface area contributed by atoms with Crippen molar-refractivity contribution in [1.82, 2.24) is 5.32 Å². The zero-order valence-corrected chi connectivity index (χ0v) is 21.9. The van der Waals surface area contributed by atoms with Crippen molar-refractivity contribution in [3.05, 3.63) is 88.5 Å². The molecule has 0 saturated carbocycles. The van der Waals surface area contributed by atoms with E-state index >= 15 is 0 Å². The van der Waals surface area contributed by atoms with Crippen LogP contribution in [0.2, 0.25) is 0 Å². The summed E-state index contributed by atoms with van der Waals surface area (Å²) in [5, 5.41) is 11.3. The molecule has 202 valence electrons. The first-order valence-corrected chi connectivity index (χ1v) is 12.4. The largest absolute Gasteiger partial charge is 0.486 e. The van der Waals surface area contributed by atoms with Crippen LogP contribution in [0.4, 0.5) is 13.2 Å². The van der Waals surface area contributed by atoms with Crippen LogP contribution >= 0.6 is 0 Å². The summed E-state index contributed by atoms with van der Waals surface area (Å²) in [6.45, 7) is 8.11. The molecule has 0 aliphatic heterocycles. The van der Waals surface area contributed by atoms with E-state index in [4.69, 9.17) is 9.84 Å². The molecule has 3 aromatic rings. The Kier molecular flexibility index (Phi) is 9.20. The lowest BCUT2D eigenvalue weighted by molar-refractivity contribution is -0.138. The molecule has 1 atom stereocenters. The van der Waals surface area contributed by atoms with E-state index in [2.05, 4.69) is 19.2 Å². The van der Waals surface area contributed by atoms with Crippen LogP contribution in [0.1, 0.15) is 65.4 Å². The fourth-order valence-corrected chi connectivity index (χ4v) is 4.38. The second-order valence-corrected chi connectivity index (χ2v) is 9.76. The smallest absolute Gasteiger partial charge is 0.416 e. The molecule has 3 rings (SSSR count). The van der Waals surface area contributed by atoms with E-state index in [9.17, 15) is 22.8 Å². The van der Waals surface area contributed by atoms with Crippen LogP contribution in [0.5, 0.6) is 5.75 Å². The van der Waals surface area contributed by atoms with Gasteiger partial charge in [-0.2, -0.15) is 13.2 Å². The zero-order valence-electron chi connectivity index (χ0n) is 21.9. The van der Waals surface area contributed by atoms with Crippen molar-refractivity contribution in [3.8, 4) is 16.9 Å². The number of carboxylic acids is 1. The number of carbonyl (C=O) groups excluding carboxylic acids is 1. The van der Waals surface area contributed by atoms with E-state index in [0.717, 1.165) is 46.4 Å². The number of hydrogen-bond donors (Lipinski definition) is 2. The van der Waals surface area contributed by atoms with Gasteiger partial charge in [0.2, 0.25) is 0 Å². The Bertz CT molecular complexity index is 1240. The third kappa shape index (κ3) is 7.60. The first kappa shape index (κ1) is 28.8. The maximum atomic E-state index is 13.0. The van der Waals surface area contributed by atoms with Crippen molar-refractivity contribution in [2.75, 3.05) is 6.54 Å². The lowest BCUT2D eigenvalue weighted by Crippen LogP contribution is -2.25. The minimum absolute atomic E-state index is 0.0457. The van der Waals surface area contributed by atoms with Crippen LogP contribution in [0, 0.1) is 19.8 Å². The number of ether oxygens (including phenoxy) is 1. The number of alkyl halides is 3. The fraction of sp³-hybridized carbons (Fsp3) is 0.333. The summed E-state index contributed by atoms with van der Waals surface area (Å²) in [4.78, 5) is 22.8. The molecular weight excluding hydrogens is 495 g/mol. The number of benzene rings is 3. The Hall–Kier alpha value is -3.81. The molecule has 0 bridgehead atoms. The maximum absolute atomic E-state index is 13.0. The number of halogens is 3. The van der Waals surface area contributed by atoms with E-state index < -0.39 is 17.7 Å². The molecule has 0 spiro atoms. The summed E-state index contributed by atoms with van der Waals surface area (Å²) < 4.78 is 45.3. The van der Waals surface area contributed by atoms with Gasteiger partial charge in [-0.3, -0.25) is 9.59 Å². The van der Waals surface area contributed by atoms with Crippen molar-refractivity contribution < 1.29 is 32.6 Å². The van der Waals surface area contributed by atoms with Crippen LogP contribution in [-0.2, 0) is 11.0 Å². The van der Waals surface area contributed by atoms with Crippen LogP contribution in [-0.4, -0.2) is 23.5 Å². The maximum Gasteiger partial charge on any atom is 0.416 e. The molecule has 2 N–H and O–H groups in total. The van der Waals surface area contributed by atoms with Gasteiger partial charge in [0, 0.05) is 12.1 Å². The van der Waals surface area contributed by atoms with Gasteiger partial charge in [0.1, 0.15) is 11.9 Å². The fourth-order valence-electron chi connectivity index (χ4n) is 4.38. The number of aryl methyl sites for hydroxylation is 2. The highest BCUT2D eigenvalue weighted by atomic mass is 19.4. The molecule has 0 radical (unpaired) electrons. The third-order valence-electron chi connectivity index (χ3n) is 6.13.